The van der Waals surface area contributed by atoms with Crippen LogP contribution < -0.4 is 47.9 Å². The lowest BCUT2D eigenvalue weighted by molar-refractivity contribution is -0.240. The third-order valence-corrected chi connectivity index (χ3v) is 18.6. The van der Waals surface area contributed by atoms with Crippen LogP contribution in [0.5, 0.6) is 0 Å². The lowest BCUT2D eigenvalue weighted by Gasteiger charge is -2.49. The summed E-state index contributed by atoms with van der Waals surface area (Å²) in [7, 11) is 1.31. The number of fused-ring (bicyclic) bond motifs is 3. The fourth-order valence-corrected chi connectivity index (χ4v) is 13.4. The second-order valence-corrected chi connectivity index (χ2v) is 27.7. The molecule has 13 unspecified atom stereocenters. The molecule has 4 aliphatic carbocycles. The van der Waals surface area contributed by atoms with Crippen LogP contribution in [0.1, 0.15) is 113 Å². The van der Waals surface area contributed by atoms with Crippen molar-refractivity contribution in [3.05, 3.63) is 82.5 Å². The first-order valence-electron chi connectivity index (χ1n) is 32.9. The van der Waals surface area contributed by atoms with Gasteiger partial charge >= 0.3 is 0 Å². The number of carbonyl (C=O) groups excluding carboxylic acids is 13. The molecule has 544 valence electrons. The molecule has 1 saturated heterocycles. The highest BCUT2D eigenvalue weighted by atomic mass is 16.7. The predicted molar refractivity (Wildman–Crippen MR) is 349 cm³/mol. The normalized spacial score (nSPS) is 24.8. The first-order valence-corrected chi connectivity index (χ1v) is 32.9. The number of aliphatic hydroxyl groups is 6. The van der Waals surface area contributed by atoms with Gasteiger partial charge in [0.25, 0.3) is 0 Å². The third-order valence-electron chi connectivity index (χ3n) is 18.6. The molecule has 2 saturated carbocycles. The summed E-state index contributed by atoms with van der Waals surface area (Å²) in [4.78, 5) is 175. The van der Waals surface area contributed by atoms with Gasteiger partial charge in [-0.1, -0.05) is 91.0 Å². The van der Waals surface area contributed by atoms with Gasteiger partial charge in [-0.25, -0.2) is 0 Å². The minimum Gasteiger partial charge on any atom is -0.511 e. The number of methoxy groups -OCH3 is 1. The van der Waals surface area contributed by atoms with E-state index in [1.165, 1.54) is 60.0 Å². The van der Waals surface area contributed by atoms with E-state index in [1.54, 1.807) is 58.0 Å². The highest BCUT2D eigenvalue weighted by Crippen LogP contribution is 2.53. The average molecular weight is 1390 g/mol. The van der Waals surface area contributed by atoms with Gasteiger partial charge in [0.2, 0.25) is 53.2 Å². The molecule has 0 radical (unpaired) electrons. The number of ketones is 4. The minimum absolute atomic E-state index is 0.0328. The molecule has 1 aliphatic heterocycles. The summed E-state index contributed by atoms with van der Waals surface area (Å²) in [5, 5.41) is 89.5. The maximum absolute atomic E-state index is 14.4. The molecule has 0 spiro atoms. The third kappa shape index (κ3) is 20.0. The van der Waals surface area contributed by atoms with Crippen LogP contribution in [0.15, 0.2) is 77.0 Å². The zero-order valence-corrected chi connectivity index (χ0v) is 57.4. The Kier molecular flexibility index (Phi) is 27.1. The Bertz CT molecular complexity index is 3400. The van der Waals surface area contributed by atoms with E-state index in [9.17, 15) is 93.0 Å². The van der Waals surface area contributed by atoms with E-state index in [4.69, 9.17) is 14.2 Å². The summed E-state index contributed by atoms with van der Waals surface area (Å²) < 4.78 is 17.5. The monoisotopic (exact) mass is 1390 g/mol. The van der Waals surface area contributed by atoms with E-state index >= 15 is 0 Å². The van der Waals surface area contributed by atoms with Gasteiger partial charge in [-0.05, 0) is 63.5 Å². The van der Waals surface area contributed by atoms with Crippen molar-refractivity contribution in [1.82, 2.24) is 47.9 Å². The van der Waals surface area contributed by atoms with Crippen LogP contribution in [0.25, 0.3) is 0 Å². The Balaban J connectivity index is 1.09. The van der Waals surface area contributed by atoms with Crippen molar-refractivity contribution < 1.29 is 107 Å². The first-order chi connectivity index (χ1) is 46.4. The number of nitrogens with one attached hydrogen (secondary N) is 9. The van der Waals surface area contributed by atoms with Crippen molar-refractivity contribution >= 4 is 76.3 Å². The van der Waals surface area contributed by atoms with Gasteiger partial charge in [0, 0.05) is 41.4 Å². The van der Waals surface area contributed by atoms with Crippen molar-refractivity contribution in [3.63, 3.8) is 0 Å². The van der Waals surface area contributed by atoms with Crippen LogP contribution in [-0.2, 0) is 83.0 Å². The van der Waals surface area contributed by atoms with Gasteiger partial charge in [0.05, 0.1) is 93.6 Å². The molecule has 1 heterocycles. The van der Waals surface area contributed by atoms with Gasteiger partial charge in [-0.3, -0.25) is 62.3 Å². The molecule has 3 fully saturated rings. The fourth-order valence-electron chi connectivity index (χ4n) is 13.4. The molecule has 1 aromatic rings. The number of Topliss-reactive ketones (excluding diaryl/α,β-unsaturated/α-hetero) is 4. The van der Waals surface area contributed by atoms with Gasteiger partial charge in [-0.2, -0.15) is 0 Å². The Labute approximate surface area is 572 Å². The topological polar surface area (TPSA) is 479 Å². The predicted octanol–water partition coefficient (Wildman–Crippen LogP) is -1.48. The standard InChI is InChI=1S/C68H95N9O22/c1-11-66(8,33-67(9,64(95)74-36(5)80)32-65(6,7)62(93)72-27-48(84)70-26-47(83)69-25-35(4)79)63(94)73-29-50(86)76-42(21-37-16-13-12-14-17-37)61(92)77-41(20-34(2)3)60(91)71-28-49(85)75-40-22-51(98-31-43(40)81)99-45-24-68(96,46(82)30-78)23-39-53(45)59(90)55-54(57(39)88)56(87)38-18-15-19-44(97-10)52(38)58(55)89/h12-19,34,36,38-43,45,51-53,78,80-81,88,90,96H,11,20-33H2,1-10H3,(H,69,83)(H,70,84)(H,71,91)(H,72,93)(H,73,94)(H,74,95)(H,75,85)(H,76,86)(H,77,92)/t36?,38?,39?,40?,41?,42?,43?,45?,51?,52?,53?,66?,67?,68-/m0/s1. The fraction of sp³-hybridized carbons (Fsp3) is 0.603. The van der Waals surface area contributed by atoms with Crippen LogP contribution in [0, 0.1) is 45.8 Å². The van der Waals surface area contributed by atoms with Gasteiger partial charge in [0.15, 0.2) is 23.6 Å². The Hall–Kier alpha value is -8.75. The van der Waals surface area contributed by atoms with Gasteiger partial charge < -0.3 is 92.7 Å². The van der Waals surface area contributed by atoms with Crippen molar-refractivity contribution in [2.45, 2.75) is 162 Å². The molecule has 14 atom stereocenters. The molecular weight excluding hydrogens is 1290 g/mol. The summed E-state index contributed by atoms with van der Waals surface area (Å²) >= 11 is 0. The molecule has 6 rings (SSSR count). The summed E-state index contributed by atoms with van der Waals surface area (Å²) in [5.74, 6) is -16.1. The number of rotatable bonds is 33. The SMILES string of the molecule is CCC(C)(CC(C)(CC(C)(C)C(=O)NCC(=O)NCC(=O)NCC(C)=O)C(=O)NC(C)O)C(=O)NCC(=O)NC(Cc1ccccc1)C(=O)NC(CC(C)C)C(=O)NCC(=O)NC1CC(OC2C[C@](O)(C(=O)CO)CC3C(O)=C4C(=O)C5C=CC=C(OC)C5C(=O)C4=C(O)C23)OCC1O. The van der Waals surface area contributed by atoms with Gasteiger partial charge in [0.1, 0.15) is 53.6 Å². The van der Waals surface area contributed by atoms with E-state index in [2.05, 4.69) is 47.9 Å². The van der Waals surface area contributed by atoms with Crippen LogP contribution in [0.2, 0.25) is 0 Å². The lowest BCUT2D eigenvalue weighted by atomic mass is 9.59. The van der Waals surface area contributed by atoms with Crippen LogP contribution >= 0.6 is 0 Å². The Morgan fingerprint density at radius 1 is 0.717 bits per heavy atom. The number of ether oxygens (including phenoxy) is 3. The Morgan fingerprint density at radius 3 is 1.95 bits per heavy atom. The molecular formula is C68H95N9O22. The van der Waals surface area contributed by atoms with Gasteiger partial charge in [-0.15, -0.1) is 0 Å². The maximum atomic E-state index is 14.4. The molecule has 0 bridgehead atoms. The highest BCUT2D eigenvalue weighted by molar-refractivity contribution is 6.21. The number of allylic oxidation sites excluding steroid dienone is 7. The number of aliphatic hydroxyl groups excluding tert-OH is 5. The second kappa shape index (κ2) is 33.9. The minimum atomic E-state index is -2.40. The van der Waals surface area contributed by atoms with Crippen molar-refractivity contribution in [3.8, 4) is 0 Å². The van der Waals surface area contributed by atoms with E-state index in [1.807, 2.05) is 0 Å². The van der Waals surface area contributed by atoms with E-state index in [0.717, 1.165) is 0 Å². The molecule has 1 aromatic carbocycles. The molecule has 31 nitrogen and oxygen atoms in total. The molecule has 5 aliphatic rings. The van der Waals surface area contributed by atoms with Crippen LogP contribution in [0.3, 0.4) is 0 Å². The summed E-state index contributed by atoms with van der Waals surface area (Å²) in [6.07, 6.45) is -3.11. The number of hydrogen-bond donors (Lipinski definition) is 15. The average Bonchev–Trinajstić information content (AvgIpc) is 0.711. The van der Waals surface area contributed by atoms with E-state index < -0.39 is 234 Å². The quantitative estimate of drug-likeness (QED) is 0.0357. The number of benzene rings is 1. The van der Waals surface area contributed by atoms with Crippen LogP contribution in [-0.4, -0.2) is 208 Å². The first kappa shape index (κ1) is 79.2. The summed E-state index contributed by atoms with van der Waals surface area (Å²) in [6, 6.07) is 4.72. The molecule has 99 heavy (non-hydrogen) atoms. The maximum Gasteiger partial charge on any atom is 0.243 e. The number of carbonyl (C=O) groups is 13. The Morgan fingerprint density at radius 2 is 1.33 bits per heavy atom. The highest BCUT2D eigenvalue weighted by Gasteiger charge is 2.60. The van der Waals surface area contributed by atoms with Crippen molar-refractivity contribution in [2.24, 2.45) is 45.8 Å². The smallest absolute Gasteiger partial charge is 0.243 e. The zero-order chi connectivity index (χ0) is 73.6. The number of hydrogen-bond acceptors (Lipinski definition) is 22. The number of amides is 9. The molecule has 0 aromatic heterocycles. The van der Waals surface area contributed by atoms with E-state index in [0.29, 0.717) is 5.56 Å². The molecule has 15 N–H and O–H groups in total. The summed E-state index contributed by atoms with van der Waals surface area (Å²) in [6.45, 7) is 9.61. The van der Waals surface area contributed by atoms with Crippen molar-refractivity contribution in [1.29, 1.82) is 0 Å². The van der Waals surface area contributed by atoms with Crippen molar-refractivity contribution in [2.75, 3.05) is 53.0 Å². The second-order valence-electron chi connectivity index (χ2n) is 27.7. The molecule has 9 amide bonds. The largest absolute Gasteiger partial charge is 0.511 e. The van der Waals surface area contributed by atoms with Crippen LogP contribution in [0.4, 0.5) is 0 Å². The summed E-state index contributed by atoms with van der Waals surface area (Å²) in [5.41, 5.74) is -7.20. The molecule has 31 heteroatoms. The zero-order valence-electron chi connectivity index (χ0n) is 57.4. The van der Waals surface area contributed by atoms with E-state index in [-0.39, 0.29) is 62.5 Å². The lowest BCUT2D eigenvalue weighted by Crippen LogP contribution is -2.58.